The molecule has 1 aliphatic rings. The van der Waals surface area contributed by atoms with Gasteiger partial charge in [0.25, 0.3) is 5.91 Å². The maximum absolute atomic E-state index is 11.9. The van der Waals surface area contributed by atoms with Crippen molar-refractivity contribution in [3.8, 4) is 0 Å². The number of carbonyl (C=O) groups excluding carboxylic acids is 1. The van der Waals surface area contributed by atoms with Gasteiger partial charge in [0.05, 0.1) is 5.56 Å². The second-order valence-corrected chi connectivity index (χ2v) is 5.17. The third-order valence-electron chi connectivity index (χ3n) is 3.06. The van der Waals surface area contributed by atoms with Gasteiger partial charge in [0.15, 0.2) is 0 Å². The molecule has 3 nitrogen and oxygen atoms in total. The van der Waals surface area contributed by atoms with Crippen LogP contribution in [0.2, 0.25) is 0 Å². The van der Waals surface area contributed by atoms with Crippen LogP contribution in [0, 0.1) is 0 Å². The molecule has 100 valence electrons. The smallest absolute Gasteiger partial charge is 0.252 e. The van der Waals surface area contributed by atoms with Crippen LogP contribution in [-0.4, -0.2) is 25.0 Å². The average molecular weight is 334 g/mol. The van der Waals surface area contributed by atoms with Crippen LogP contribution in [0.3, 0.4) is 0 Å². The molecular formula is C13H18BrClN2O. The Labute approximate surface area is 122 Å². The van der Waals surface area contributed by atoms with Gasteiger partial charge in [0.1, 0.15) is 0 Å². The fourth-order valence-corrected chi connectivity index (χ4v) is 2.57. The summed E-state index contributed by atoms with van der Waals surface area (Å²) in [5, 5.41) is 6.38. The molecule has 1 atom stereocenters. The highest BCUT2D eigenvalue weighted by molar-refractivity contribution is 9.10. The van der Waals surface area contributed by atoms with Crippen LogP contribution in [0.5, 0.6) is 0 Å². The van der Waals surface area contributed by atoms with Crippen LogP contribution >= 0.6 is 28.3 Å². The number of amides is 1. The van der Waals surface area contributed by atoms with Crippen molar-refractivity contribution >= 4 is 34.2 Å². The molecule has 1 aliphatic heterocycles. The quantitative estimate of drug-likeness (QED) is 0.889. The van der Waals surface area contributed by atoms with E-state index in [0.29, 0.717) is 11.6 Å². The van der Waals surface area contributed by atoms with E-state index >= 15 is 0 Å². The fraction of sp³-hybridized carbons (Fsp3) is 0.462. The molecule has 1 saturated heterocycles. The first-order valence-corrected chi connectivity index (χ1v) is 6.83. The molecule has 0 unspecified atom stereocenters. The zero-order chi connectivity index (χ0) is 12.1. The van der Waals surface area contributed by atoms with Gasteiger partial charge in [-0.25, -0.2) is 0 Å². The molecule has 2 rings (SSSR count). The summed E-state index contributed by atoms with van der Waals surface area (Å²) in [6, 6.07) is 8.07. The predicted octanol–water partition coefficient (Wildman–Crippen LogP) is 2.74. The molecule has 0 aliphatic carbocycles. The molecule has 1 aromatic carbocycles. The van der Waals surface area contributed by atoms with Crippen molar-refractivity contribution in [1.29, 1.82) is 0 Å². The first kappa shape index (κ1) is 15.5. The van der Waals surface area contributed by atoms with E-state index in [1.165, 1.54) is 12.8 Å². The molecule has 0 spiro atoms. The fourth-order valence-electron chi connectivity index (χ4n) is 2.10. The van der Waals surface area contributed by atoms with Gasteiger partial charge in [0, 0.05) is 17.1 Å². The summed E-state index contributed by atoms with van der Waals surface area (Å²) in [5.74, 6) is -0.00419. The van der Waals surface area contributed by atoms with Gasteiger partial charge >= 0.3 is 0 Å². The third kappa shape index (κ3) is 4.26. The summed E-state index contributed by atoms with van der Waals surface area (Å²) in [6.07, 6.45) is 3.49. The highest BCUT2D eigenvalue weighted by Crippen LogP contribution is 2.15. The van der Waals surface area contributed by atoms with E-state index in [9.17, 15) is 4.79 Å². The number of halogens is 2. The monoisotopic (exact) mass is 332 g/mol. The lowest BCUT2D eigenvalue weighted by Gasteiger charge is -2.11. The Bertz CT molecular complexity index is 394. The van der Waals surface area contributed by atoms with Gasteiger partial charge in [0.2, 0.25) is 0 Å². The molecule has 0 radical (unpaired) electrons. The Balaban J connectivity index is 0.00000162. The zero-order valence-corrected chi connectivity index (χ0v) is 12.5. The van der Waals surface area contributed by atoms with Gasteiger partial charge < -0.3 is 10.6 Å². The van der Waals surface area contributed by atoms with E-state index in [1.807, 2.05) is 24.3 Å². The number of hydrogen-bond acceptors (Lipinski definition) is 2. The summed E-state index contributed by atoms with van der Waals surface area (Å²) in [4.78, 5) is 11.9. The summed E-state index contributed by atoms with van der Waals surface area (Å²) in [7, 11) is 0. The van der Waals surface area contributed by atoms with Gasteiger partial charge in [-0.3, -0.25) is 4.79 Å². The molecule has 0 aromatic heterocycles. The molecule has 1 fully saturated rings. The van der Waals surface area contributed by atoms with E-state index in [2.05, 4.69) is 26.6 Å². The molecule has 0 bridgehead atoms. The first-order chi connectivity index (χ1) is 8.27. The second kappa shape index (κ2) is 7.77. The maximum atomic E-state index is 11.9. The molecule has 2 N–H and O–H groups in total. The van der Waals surface area contributed by atoms with Crippen LogP contribution in [0.1, 0.15) is 29.6 Å². The van der Waals surface area contributed by atoms with Crippen LogP contribution in [0.15, 0.2) is 28.7 Å². The second-order valence-electron chi connectivity index (χ2n) is 4.32. The van der Waals surface area contributed by atoms with E-state index in [4.69, 9.17) is 0 Å². The minimum atomic E-state index is -0.00419. The van der Waals surface area contributed by atoms with Crippen molar-refractivity contribution in [2.45, 2.75) is 25.3 Å². The highest BCUT2D eigenvalue weighted by atomic mass is 79.9. The summed E-state index contributed by atoms with van der Waals surface area (Å²) in [6.45, 7) is 1.85. The molecular weight excluding hydrogens is 316 g/mol. The number of benzene rings is 1. The Morgan fingerprint density at radius 3 is 2.89 bits per heavy atom. The van der Waals surface area contributed by atoms with Crippen molar-refractivity contribution in [3.05, 3.63) is 34.3 Å². The van der Waals surface area contributed by atoms with E-state index in [-0.39, 0.29) is 18.3 Å². The number of carbonyl (C=O) groups is 1. The van der Waals surface area contributed by atoms with Crippen molar-refractivity contribution in [2.75, 3.05) is 13.1 Å². The first-order valence-electron chi connectivity index (χ1n) is 6.03. The van der Waals surface area contributed by atoms with Gasteiger partial charge in [-0.2, -0.15) is 0 Å². The van der Waals surface area contributed by atoms with Crippen molar-refractivity contribution < 1.29 is 4.79 Å². The number of nitrogens with one attached hydrogen (secondary N) is 2. The summed E-state index contributed by atoms with van der Waals surface area (Å²) < 4.78 is 0.844. The Hall–Kier alpha value is -0.580. The highest BCUT2D eigenvalue weighted by Gasteiger charge is 2.14. The molecule has 5 heteroatoms. The minimum absolute atomic E-state index is 0. The standard InChI is InChI=1S/C13H17BrN2O.ClH/c14-12-6-2-1-5-11(12)13(17)16-9-7-10-4-3-8-15-10;/h1-2,5-6,10,15H,3-4,7-9H2,(H,16,17);1H/t10-;/m1./s1. The van der Waals surface area contributed by atoms with E-state index < -0.39 is 0 Å². The lowest BCUT2D eigenvalue weighted by molar-refractivity contribution is 0.0951. The average Bonchev–Trinajstić information content (AvgIpc) is 2.82. The van der Waals surface area contributed by atoms with Crippen molar-refractivity contribution in [1.82, 2.24) is 10.6 Å². The van der Waals surface area contributed by atoms with Crippen LogP contribution < -0.4 is 10.6 Å². The van der Waals surface area contributed by atoms with Gasteiger partial charge in [-0.15, -0.1) is 12.4 Å². The van der Waals surface area contributed by atoms with Crippen LogP contribution in [0.25, 0.3) is 0 Å². The lowest BCUT2D eigenvalue weighted by atomic mass is 10.1. The number of rotatable bonds is 4. The van der Waals surface area contributed by atoms with Crippen molar-refractivity contribution in [3.63, 3.8) is 0 Å². The molecule has 0 saturated carbocycles. The van der Waals surface area contributed by atoms with Crippen LogP contribution in [-0.2, 0) is 0 Å². The number of hydrogen-bond donors (Lipinski definition) is 2. The Kier molecular flexibility index (Phi) is 6.68. The minimum Gasteiger partial charge on any atom is -0.352 e. The predicted molar refractivity (Wildman–Crippen MR) is 79.4 cm³/mol. The lowest BCUT2D eigenvalue weighted by Crippen LogP contribution is -2.30. The van der Waals surface area contributed by atoms with E-state index in [1.54, 1.807) is 0 Å². The molecule has 1 aromatic rings. The largest absolute Gasteiger partial charge is 0.352 e. The Morgan fingerprint density at radius 2 is 2.22 bits per heavy atom. The van der Waals surface area contributed by atoms with Crippen molar-refractivity contribution in [2.24, 2.45) is 0 Å². The third-order valence-corrected chi connectivity index (χ3v) is 3.75. The van der Waals surface area contributed by atoms with Gasteiger partial charge in [-0.1, -0.05) is 12.1 Å². The maximum Gasteiger partial charge on any atom is 0.252 e. The SMILES string of the molecule is Cl.O=C(NCC[C@H]1CCCN1)c1ccccc1Br. The van der Waals surface area contributed by atoms with Gasteiger partial charge in [-0.05, 0) is 53.9 Å². The topological polar surface area (TPSA) is 41.1 Å². The molecule has 18 heavy (non-hydrogen) atoms. The van der Waals surface area contributed by atoms with Crippen LogP contribution in [0.4, 0.5) is 0 Å². The zero-order valence-electron chi connectivity index (χ0n) is 10.1. The molecule has 1 amide bonds. The summed E-state index contributed by atoms with van der Waals surface area (Å²) >= 11 is 3.38. The Morgan fingerprint density at radius 1 is 1.44 bits per heavy atom. The normalized spacial score (nSPS) is 18.2. The van der Waals surface area contributed by atoms with E-state index in [0.717, 1.165) is 24.0 Å². The summed E-state index contributed by atoms with van der Waals surface area (Å²) in [5.41, 5.74) is 0.701. The molecule has 1 heterocycles.